The van der Waals surface area contributed by atoms with Gasteiger partial charge >= 0.3 is 5.91 Å². The van der Waals surface area contributed by atoms with Gasteiger partial charge in [0.2, 0.25) is 5.76 Å². The Morgan fingerprint density at radius 2 is 1.71 bits per heavy atom. The van der Waals surface area contributed by atoms with E-state index in [-0.39, 0.29) is 45.0 Å². The number of carbonyl (C=O) groups excluding carboxylic acids is 3. The minimum Gasteiger partial charge on any atom is -0.501 e. The molecule has 200 valence electrons. The van der Waals surface area contributed by atoms with E-state index in [0.29, 0.717) is 18.6 Å². The van der Waals surface area contributed by atoms with E-state index in [1.807, 2.05) is 18.2 Å². The first-order valence-corrected chi connectivity index (χ1v) is 12.2. The van der Waals surface area contributed by atoms with Gasteiger partial charge in [0.1, 0.15) is 29.6 Å². The summed E-state index contributed by atoms with van der Waals surface area (Å²) < 4.78 is 34.2. The Morgan fingerprint density at radius 3 is 2.39 bits per heavy atom. The summed E-state index contributed by atoms with van der Waals surface area (Å²) in [5.74, 6) is -4.57. The molecule has 2 heterocycles. The molecule has 2 saturated heterocycles. The number of aliphatic imine (C=N–C) groups is 1. The molecule has 1 atom stereocenters. The van der Waals surface area contributed by atoms with Crippen LogP contribution in [-0.4, -0.2) is 89.6 Å². The number of likely N-dealkylation sites (tertiary alicyclic amines) is 1. The minimum atomic E-state index is -1.06. The summed E-state index contributed by atoms with van der Waals surface area (Å²) in [4.78, 5) is 46.2. The highest BCUT2D eigenvalue weighted by Crippen LogP contribution is 2.27. The second-order valence-corrected chi connectivity index (χ2v) is 8.95. The standard InChI is InChI=1S/C27H28F2N4O5/c1-30-25(35)24(34)23-27(37)31(15-16-38-19-8-3-2-4-9-19)13-14-32(23)17-18-7-6-12-33(18)26(36)22-20(28)10-5-11-21(22)29/h2-5,8-11,18,34H,1,6-7,12-17H2/b24-23+. The number of hydrogen-bond donors (Lipinski definition) is 1. The van der Waals surface area contributed by atoms with E-state index < -0.39 is 46.7 Å². The highest BCUT2D eigenvalue weighted by Gasteiger charge is 2.38. The van der Waals surface area contributed by atoms with E-state index in [0.717, 1.165) is 12.1 Å². The lowest BCUT2D eigenvalue weighted by atomic mass is 10.1. The number of halogens is 2. The molecular formula is C27H28F2N4O5. The van der Waals surface area contributed by atoms with Crippen LogP contribution in [-0.2, 0) is 9.59 Å². The highest BCUT2D eigenvalue weighted by molar-refractivity contribution is 6.04. The van der Waals surface area contributed by atoms with Gasteiger partial charge in [-0.3, -0.25) is 14.4 Å². The smallest absolute Gasteiger partial charge is 0.313 e. The molecule has 4 rings (SSSR count). The van der Waals surface area contributed by atoms with Gasteiger partial charge in [-0.2, -0.15) is 0 Å². The second kappa shape index (κ2) is 11.8. The van der Waals surface area contributed by atoms with Crippen molar-refractivity contribution < 1.29 is 33.0 Å². The van der Waals surface area contributed by atoms with Crippen molar-refractivity contribution in [2.75, 3.05) is 39.3 Å². The lowest BCUT2D eigenvalue weighted by Gasteiger charge is -2.39. The average molecular weight is 527 g/mol. The topological polar surface area (TPSA) is 103 Å². The monoisotopic (exact) mass is 526 g/mol. The lowest BCUT2D eigenvalue weighted by Crippen LogP contribution is -2.53. The van der Waals surface area contributed by atoms with Gasteiger partial charge < -0.3 is 24.5 Å². The molecule has 2 aromatic carbocycles. The van der Waals surface area contributed by atoms with Crippen molar-refractivity contribution in [2.24, 2.45) is 4.99 Å². The first-order chi connectivity index (χ1) is 18.3. The summed E-state index contributed by atoms with van der Waals surface area (Å²) in [6.07, 6.45) is 1.11. The van der Waals surface area contributed by atoms with E-state index in [4.69, 9.17) is 4.74 Å². The van der Waals surface area contributed by atoms with Gasteiger partial charge in [-0.1, -0.05) is 24.3 Å². The average Bonchev–Trinajstić information content (AvgIpc) is 3.38. The van der Waals surface area contributed by atoms with Gasteiger partial charge in [-0.25, -0.2) is 13.8 Å². The number of aliphatic hydroxyl groups is 1. The molecule has 0 aromatic heterocycles. The fourth-order valence-corrected chi connectivity index (χ4v) is 4.75. The van der Waals surface area contributed by atoms with Crippen LogP contribution in [0.1, 0.15) is 23.2 Å². The van der Waals surface area contributed by atoms with Crippen molar-refractivity contribution in [3.05, 3.63) is 77.2 Å². The number of hydrogen-bond acceptors (Lipinski definition) is 6. The molecule has 9 nitrogen and oxygen atoms in total. The summed E-state index contributed by atoms with van der Waals surface area (Å²) in [6.45, 7) is 4.40. The molecule has 3 amide bonds. The highest BCUT2D eigenvalue weighted by atomic mass is 19.1. The Balaban J connectivity index is 1.51. The van der Waals surface area contributed by atoms with Crippen molar-refractivity contribution in [1.29, 1.82) is 0 Å². The van der Waals surface area contributed by atoms with Gasteiger partial charge in [0, 0.05) is 32.2 Å². The number of nitrogens with zero attached hydrogens (tertiary/aromatic N) is 4. The molecule has 0 saturated carbocycles. The number of amides is 3. The predicted molar refractivity (Wildman–Crippen MR) is 135 cm³/mol. The summed E-state index contributed by atoms with van der Waals surface area (Å²) in [5.41, 5.74) is -0.895. The van der Waals surface area contributed by atoms with Crippen LogP contribution >= 0.6 is 0 Å². The fourth-order valence-electron chi connectivity index (χ4n) is 4.75. The number of piperazine rings is 1. The van der Waals surface area contributed by atoms with Gasteiger partial charge in [0.15, 0.2) is 5.70 Å². The molecule has 2 aliphatic heterocycles. The molecule has 2 fully saturated rings. The van der Waals surface area contributed by atoms with Crippen molar-refractivity contribution >= 4 is 24.4 Å². The first kappa shape index (κ1) is 26.8. The summed E-state index contributed by atoms with van der Waals surface area (Å²) in [7, 11) is 0. The van der Waals surface area contributed by atoms with Crippen molar-refractivity contribution in [3.63, 3.8) is 0 Å². The van der Waals surface area contributed by atoms with Crippen molar-refractivity contribution in [1.82, 2.24) is 14.7 Å². The zero-order chi connectivity index (χ0) is 27.2. The molecule has 1 N–H and O–H groups in total. The number of ether oxygens (including phenoxy) is 1. The number of para-hydroxylation sites is 1. The maximum Gasteiger partial charge on any atom is 0.313 e. The molecule has 0 radical (unpaired) electrons. The van der Waals surface area contributed by atoms with Crippen LogP contribution in [0.3, 0.4) is 0 Å². The minimum absolute atomic E-state index is 0.0751. The van der Waals surface area contributed by atoms with Gasteiger partial charge in [0.05, 0.1) is 6.54 Å². The zero-order valence-electron chi connectivity index (χ0n) is 20.7. The van der Waals surface area contributed by atoms with E-state index in [2.05, 4.69) is 11.7 Å². The number of benzene rings is 2. The lowest BCUT2D eigenvalue weighted by molar-refractivity contribution is -0.133. The Bertz CT molecular complexity index is 1230. The largest absolute Gasteiger partial charge is 0.501 e. The number of rotatable bonds is 8. The van der Waals surface area contributed by atoms with Crippen LogP contribution in [0.25, 0.3) is 0 Å². The van der Waals surface area contributed by atoms with Crippen LogP contribution in [0, 0.1) is 11.6 Å². The first-order valence-electron chi connectivity index (χ1n) is 12.2. The molecular weight excluding hydrogens is 498 g/mol. The van der Waals surface area contributed by atoms with Crippen LogP contribution in [0.5, 0.6) is 5.75 Å². The second-order valence-electron chi connectivity index (χ2n) is 8.95. The van der Waals surface area contributed by atoms with E-state index in [1.54, 1.807) is 12.1 Å². The third kappa shape index (κ3) is 5.66. The van der Waals surface area contributed by atoms with Crippen molar-refractivity contribution in [2.45, 2.75) is 18.9 Å². The third-order valence-electron chi connectivity index (χ3n) is 6.64. The van der Waals surface area contributed by atoms with Crippen LogP contribution in [0.2, 0.25) is 0 Å². The summed E-state index contributed by atoms with van der Waals surface area (Å²) in [6, 6.07) is 11.8. The normalized spacial score (nSPS) is 18.9. The zero-order valence-corrected chi connectivity index (χ0v) is 20.7. The molecule has 0 bridgehead atoms. The van der Waals surface area contributed by atoms with E-state index >= 15 is 0 Å². The molecule has 0 aliphatic carbocycles. The fraction of sp³-hybridized carbons (Fsp3) is 0.333. The van der Waals surface area contributed by atoms with Gasteiger partial charge in [-0.05, 0) is 43.8 Å². The van der Waals surface area contributed by atoms with Gasteiger partial charge in [-0.15, -0.1) is 0 Å². The quantitative estimate of drug-likeness (QED) is 0.323. The van der Waals surface area contributed by atoms with Crippen LogP contribution in [0.4, 0.5) is 8.78 Å². The van der Waals surface area contributed by atoms with Crippen molar-refractivity contribution in [3.8, 4) is 5.75 Å². The van der Waals surface area contributed by atoms with Gasteiger partial charge in [0.25, 0.3) is 11.8 Å². The summed E-state index contributed by atoms with van der Waals surface area (Å²) in [5, 5.41) is 10.6. The van der Waals surface area contributed by atoms with Crippen LogP contribution in [0.15, 0.2) is 65.0 Å². The number of carbonyl (C=O) groups is 3. The molecule has 11 heteroatoms. The third-order valence-corrected chi connectivity index (χ3v) is 6.64. The molecule has 1 unspecified atom stereocenters. The van der Waals surface area contributed by atoms with E-state index in [1.165, 1.54) is 20.8 Å². The molecule has 0 spiro atoms. The Hall–Kier alpha value is -4.28. The van der Waals surface area contributed by atoms with E-state index in [9.17, 15) is 28.3 Å². The Labute approximate surface area is 218 Å². The SMILES string of the molecule is C=NC(=O)/C(O)=C1/C(=O)N(CCOc2ccccc2)CCN1CC1CCCN1C(=O)c1c(F)cccc1F. The molecule has 2 aromatic rings. The maximum absolute atomic E-state index is 14.3. The molecule has 38 heavy (non-hydrogen) atoms. The Morgan fingerprint density at radius 1 is 1.03 bits per heavy atom. The Kier molecular flexibility index (Phi) is 8.35. The van der Waals surface area contributed by atoms with Crippen LogP contribution < -0.4 is 4.74 Å². The summed E-state index contributed by atoms with van der Waals surface area (Å²) >= 11 is 0. The number of aliphatic hydroxyl groups excluding tert-OH is 1. The maximum atomic E-state index is 14.3. The molecule has 2 aliphatic rings. The predicted octanol–water partition coefficient (Wildman–Crippen LogP) is 2.79.